The highest BCUT2D eigenvalue weighted by molar-refractivity contribution is 9.10. The molecule has 1 heterocycles. The maximum absolute atomic E-state index is 4.66. The van der Waals surface area contributed by atoms with Gasteiger partial charge in [-0.15, -0.1) is 0 Å². The highest BCUT2D eigenvalue weighted by Crippen LogP contribution is 2.35. The van der Waals surface area contributed by atoms with Crippen LogP contribution in [0.5, 0.6) is 0 Å². The van der Waals surface area contributed by atoms with Crippen LogP contribution in [-0.2, 0) is 12.8 Å². The van der Waals surface area contributed by atoms with Crippen molar-refractivity contribution in [3.63, 3.8) is 0 Å². The quantitative estimate of drug-likeness (QED) is 0.883. The number of nitrogens with one attached hydrogen (secondary N) is 1. The van der Waals surface area contributed by atoms with Gasteiger partial charge in [0, 0.05) is 28.3 Å². The lowest BCUT2D eigenvalue weighted by molar-refractivity contribution is 0.429. The fraction of sp³-hybridized carbons (Fsp3) is 0.389. The lowest BCUT2D eigenvalue weighted by atomic mass is 9.91. The summed E-state index contributed by atoms with van der Waals surface area (Å²) in [5, 5.41) is 3.68. The zero-order valence-corrected chi connectivity index (χ0v) is 13.9. The van der Waals surface area contributed by atoms with Gasteiger partial charge in [0.15, 0.2) is 0 Å². The van der Waals surface area contributed by atoms with Gasteiger partial charge in [0.2, 0.25) is 0 Å². The van der Waals surface area contributed by atoms with E-state index >= 15 is 0 Å². The molecule has 1 aromatic carbocycles. The molecule has 2 unspecified atom stereocenters. The number of nitrogens with zero attached hydrogens (tertiary/aromatic N) is 1. The van der Waals surface area contributed by atoms with Crippen LogP contribution in [0.3, 0.4) is 0 Å². The van der Waals surface area contributed by atoms with Crippen LogP contribution in [0.15, 0.2) is 47.1 Å². The van der Waals surface area contributed by atoms with Gasteiger partial charge in [-0.2, -0.15) is 0 Å². The molecule has 0 bridgehead atoms. The van der Waals surface area contributed by atoms with Gasteiger partial charge in [-0.05, 0) is 49.1 Å². The number of aromatic nitrogens is 1. The van der Waals surface area contributed by atoms with Gasteiger partial charge in [0.05, 0.1) is 0 Å². The monoisotopic (exact) mass is 344 g/mol. The van der Waals surface area contributed by atoms with Crippen molar-refractivity contribution in [3.8, 4) is 0 Å². The lowest BCUT2D eigenvalue weighted by Crippen LogP contribution is -2.36. The maximum atomic E-state index is 4.66. The highest BCUT2D eigenvalue weighted by atomic mass is 79.9. The minimum absolute atomic E-state index is 0.449. The Morgan fingerprint density at radius 2 is 2.14 bits per heavy atom. The van der Waals surface area contributed by atoms with E-state index in [4.69, 9.17) is 0 Å². The Labute approximate surface area is 135 Å². The highest BCUT2D eigenvalue weighted by Gasteiger charge is 2.30. The zero-order valence-electron chi connectivity index (χ0n) is 12.3. The van der Waals surface area contributed by atoms with Crippen LogP contribution in [0, 0.1) is 0 Å². The van der Waals surface area contributed by atoms with E-state index in [1.807, 2.05) is 6.20 Å². The Balaban J connectivity index is 1.84. The first kappa shape index (κ1) is 14.7. The Morgan fingerprint density at radius 3 is 2.95 bits per heavy atom. The van der Waals surface area contributed by atoms with Crippen molar-refractivity contribution in [2.75, 3.05) is 6.54 Å². The zero-order chi connectivity index (χ0) is 14.7. The summed E-state index contributed by atoms with van der Waals surface area (Å²) in [6, 6.07) is 13.2. The van der Waals surface area contributed by atoms with Gasteiger partial charge < -0.3 is 5.32 Å². The molecule has 0 amide bonds. The van der Waals surface area contributed by atoms with Crippen LogP contribution in [0.4, 0.5) is 0 Å². The summed E-state index contributed by atoms with van der Waals surface area (Å²) < 4.78 is 1.20. The van der Waals surface area contributed by atoms with Gasteiger partial charge in [-0.1, -0.05) is 47.1 Å². The molecule has 1 N–H and O–H groups in total. The fourth-order valence-electron chi connectivity index (χ4n) is 3.36. The van der Waals surface area contributed by atoms with Crippen molar-refractivity contribution < 1.29 is 0 Å². The molecular formula is C18H21BrN2. The molecule has 1 aliphatic rings. The largest absolute Gasteiger partial charge is 0.313 e. The Bertz CT molecular complexity index is 612. The molecule has 2 nitrogen and oxygen atoms in total. The number of aryl methyl sites for hydroxylation is 1. The van der Waals surface area contributed by atoms with Crippen LogP contribution < -0.4 is 5.32 Å². The molecular weight excluding hydrogens is 324 g/mol. The molecule has 0 aliphatic heterocycles. The van der Waals surface area contributed by atoms with E-state index < -0.39 is 0 Å². The second-order valence-electron chi connectivity index (χ2n) is 5.65. The van der Waals surface area contributed by atoms with Crippen LogP contribution in [0.2, 0.25) is 0 Å². The normalized spacial score (nSPS) is 18.5. The van der Waals surface area contributed by atoms with Crippen LogP contribution >= 0.6 is 15.9 Å². The molecule has 0 radical (unpaired) electrons. The van der Waals surface area contributed by atoms with Gasteiger partial charge >= 0.3 is 0 Å². The number of likely N-dealkylation sites (N-methyl/N-ethyl adjacent to an activating group) is 1. The summed E-state index contributed by atoms with van der Waals surface area (Å²) in [5.41, 5.74) is 4.10. The molecule has 3 rings (SSSR count). The Kier molecular flexibility index (Phi) is 4.71. The number of hydrogen-bond acceptors (Lipinski definition) is 2. The van der Waals surface area contributed by atoms with Crippen molar-refractivity contribution in [2.45, 2.75) is 38.1 Å². The third-order valence-electron chi connectivity index (χ3n) is 4.35. The van der Waals surface area contributed by atoms with E-state index in [0.717, 1.165) is 19.4 Å². The second kappa shape index (κ2) is 6.71. The van der Waals surface area contributed by atoms with E-state index in [2.05, 4.69) is 69.6 Å². The topological polar surface area (TPSA) is 24.9 Å². The summed E-state index contributed by atoms with van der Waals surface area (Å²) in [6.07, 6.45) is 5.33. The van der Waals surface area contributed by atoms with Crippen molar-refractivity contribution >= 4 is 15.9 Å². The van der Waals surface area contributed by atoms with E-state index in [-0.39, 0.29) is 0 Å². The first-order valence-electron chi connectivity index (χ1n) is 7.70. The maximum Gasteiger partial charge on any atom is 0.0482 e. The molecule has 2 aromatic rings. The molecule has 110 valence electrons. The van der Waals surface area contributed by atoms with Crippen molar-refractivity contribution in [2.24, 2.45) is 0 Å². The number of fused-ring (bicyclic) bond motifs is 1. The van der Waals surface area contributed by atoms with Crippen molar-refractivity contribution in [1.29, 1.82) is 0 Å². The lowest BCUT2D eigenvalue weighted by Gasteiger charge is -2.25. The standard InChI is InChI=1S/C18H21BrN2/c1-2-20-17(12-14-6-3-4-8-16(14)19)15-10-9-13-7-5-11-21-18(13)15/h3-8,11,15,17,20H,2,9-10,12H2,1H3. The summed E-state index contributed by atoms with van der Waals surface area (Å²) in [5.74, 6) is 0.522. The third-order valence-corrected chi connectivity index (χ3v) is 5.13. The first-order valence-corrected chi connectivity index (χ1v) is 8.49. The molecule has 1 aromatic heterocycles. The molecule has 0 saturated carbocycles. The minimum atomic E-state index is 0.449. The predicted molar refractivity (Wildman–Crippen MR) is 90.6 cm³/mol. The van der Waals surface area contributed by atoms with E-state index in [9.17, 15) is 0 Å². The number of halogens is 1. The smallest absolute Gasteiger partial charge is 0.0482 e. The number of rotatable bonds is 5. The minimum Gasteiger partial charge on any atom is -0.313 e. The molecule has 0 fully saturated rings. The SMILES string of the molecule is CCNC(Cc1ccccc1Br)C1CCc2cccnc21. The number of benzene rings is 1. The first-order chi connectivity index (χ1) is 10.3. The van der Waals surface area contributed by atoms with E-state index in [0.29, 0.717) is 12.0 Å². The van der Waals surface area contributed by atoms with Crippen molar-refractivity contribution in [3.05, 3.63) is 63.9 Å². The molecule has 0 spiro atoms. The number of hydrogen-bond donors (Lipinski definition) is 1. The summed E-state index contributed by atoms with van der Waals surface area (Å²) in [6.45, 7) is 3.18. The van der Waals surface area contributed by atoms with Crippen LogP contribution in [0.25, 0.3) is 0 Å². The van der Waals surface area contributed by atoms with E-state index in [1.54, 1.807) is 0 Å². The average Bonchev–Trinajstić information content (AvgIpc) is 2.93. The van der Waals surface area contributed by atoms with Crippen LogP contribution in [-0.4, -0.2) is 17.6 Å². The number of pyridine rings is 1. The van der Waals surface area contributed by atoms with Gasteiger partial charge in [-0.25, -0.2) is 0 Å². The molecule has 1 aliphatic carbocycles. The summed E-state index contributed by atoms with van der Waals surface area (Å²) in [7, 11) is 0. The van der Waals surface area contributed by atoms with E-state index in [1.165, 1.54) is 27.7 Å². The summed E-state index contributed by atoms with van der Waals surface area (Å²) >= 11 is 3.67. The molecule has 3 heteroatoms. The van der Waals surface area contributed by atoms with Crippen molar-refractivity contribution in [1.82, 2.24) is 10.3 Å². The van der Waals surface area contributed by atoms with Gasteiger partial charge in [0.25, 0.3) is 0 Å². The molecule has 2 atom stereocenters. The van der Waals surface area contributed by atoms with Gasteiger partial charge in [-0.3, -0.25) is 4.98 Å². The second-order valence-corrected chi connectivity index (χ2v) is 6.51. The van der Waals surface area contributed by atoms with Gasteiger partial charge in [0.1, 0.15) is 0 Å². The predicted octanol–water partition coefficient (Wildman–Crippen LogP) is 4.09. The molecule has 21 heavy (non-hydrogen) atoms. The molecule has 0 saturated heterocycles. The Morgan fingerprint density at radius 1 is 1.29 bits per heavy atom. The third kappa shape index (κ3) is 3.19. The Hall–Kier alpha value is -1.19. The summed E-state index contributed by atoms with van der Waals surface area (Å²) in [4.78, 5) is 4.66. The average molecular weight is 345 g/mol. The van der Waals surface area contributed by atoms with Crippen LogP contribution in [0.1, 0.15) is 36.1 Å². The fourth-order valence-corrected chi connectivity index (χ4v) is 3.80.